The van der Waals surface area contributed by atoms with Crippen molar-refractivity contribution in [1.82, 2.24) is 4.72 Å². The minimum absolute atomic E-state index is 0.158. The molecule has 1 aromatic rings. The van der Waals surface area contributed by atoms with Crippen LogP contribution in [0.25, 0.3) is 0 Å². The lowest BCUT2D eigenvalue weighted by Crippen LogP contribution is -2.43. The SMILES string of the molecule is CC(CS(=O)(=O)N[C@H](CCO)C(=O)O)c1ccccc1. The van der Waals surface area contributed by atoms with E-state index in [1.165, 1.54) is 0 Å². The average molecular weight is 301 g/mol. The molecule has 0 amide bonds. The van der Waals surface area contributed by atoms with E-state index in [1.807, 2.05) is 30.3 Å². The number of carboxylic acid groups (broad SMARTS) is 1. The Morgan fingerprint density at radius 1 is 1.30 bits per heavy atom. The zero-order valence-electron chi connectivity index (χ0n) is 11.2. The molecular formula is C13H19NO5S. The van der Waals surface area contributed by atoms with Crippen molar-refractivity contribution in [3.8, 4) is 0 Å². The van der Waals surface area contributed by atoms with E-state index >= 15 is 0 Å². The van der Waals surface area contributed by atoms with Crippen LogP contribution in [0.1, 0.15) is 24.8 Å². The molecule has 1 aromatic carbocycles. The summed E-state index contributed by atoms with van der Waals surface area (Å²) >= 11 is 0. The largest absolute Gasteiger partial charge is 0.480 e. The van der Waals surface area contributed by atoms with Gasteiger partial charge in [0.25, 0.3) is 0 Å². The number of aliphatic hydroxyl groups excluding tert-OH is 1. The van der Waals surface area contributed by atoms with E-state index in [1.54, 1.807) is 6.92 Å². The standard InChI is InChI=1S/C13H19NO5S/c1-10(11-5-3-2-4-6-11)9-20(18,19)14-12(7-8-15)13(16)17/h2-6,10,12,14-15H,7-9H2,1H3,(H,16,17)/t10?,12-/m1/s1. The first-order chi connectivity index (χ1) is 9.35. The summed E-state index contributed by atoms with van der Waals surface area (Å²) in [4.78, 5) is 10.9. The van der Waals surface area contributed by atoms with Gasteiger partial charge < -0.3 is 10.2 Å². The van der Waals surface area contributed by atoms with Gasteiger partial charge in [-0.1, -0.05) is 37.3 Å². The molecule has 112 valence electrons. The summed E-state index contributed by atoms with van der Waals surface area (Å²) in [7, 11) is -3.74. The molecule has 6 nitrogen and oxygen atoms in total. The Hall–Kier alpha value is -1.44. The summed E-state index contributed by atoms with van der Waals surface area (Å²) in [6, 6.07) is 7.82. The van der Waals surface area contributed by atoms with E-state index in [0.717, 1.165) is 5.56 Å². The number of hydrogen-bond acceptors (Lipinski definition) is 4. The molecular weight excluding hydrogens is 282 g/mol. The van der Waals surface area contributed by atoms with Gasteiger partial charge in [0.2, 0.25) is 10.0 Å². The van der Waals surface area contributed by atoms with Crippen LogP contribution in [-0.4, -0.2) is 43.0 Å². The molecule has 2 atom stereocenters. The van der Waals surface area contributed by atoms with Gasteiger partial charge in [0.1, 0.15) is 6.04 Å². The third-order valence-corrected chi connectivity index (χ3v) is 4.46. The van der Waals surface area contributed by atoms with E-state index in [-0.39, 0.29) is 18.1 Å². The monoisotopic (exact) mass is 301 g/mol. The maximum atomic E-state index is 11.9. The Bertz CT molecular complexity index is 529. The summed E-state index contributed by atoms with van der Waals surface area (Å²) < 4.78 is 26.0. The first kappa shape index (κ1) is 16.6. The van der Waals surface area contributed by atoms with Crippen molar-refractivity contribution in [2.75, 3.05) is 12.4 Å². The highest BCUT2D eigenvalue weighted by Gasteiger charge is 2.25. The Morgan fingerprint density at radius 2 is 1.90 bits per heavy atom. The summed E-state index contributed by atoms with van der Waals surface area (Å²) in [6.07, 6.45) is -0.158. The first-order valence-electron chi connectivity index (χ1n) is 6.24. The van der Waals surface area contributed by atoms with Gasteiger partial charge in [-0.25, -0.2) is 13.1 Å². The molecule has 0 fully saturated rings. The second-order valence-corrected chi connectivity index (χ2v) is 6.41. The zero-order chi connectivity index (χ0) is 15.2. The van der Waals surface area contributed by atoms with Gasteiger partial charge in [0, 0.05) is 6.61 Å². The fraction of sp³-hybridized carbons (Fsp3) is 0.462. The molecule has 1 unspecified atom stereocenters. The number of sulfonamides is 1. The molecule has 7 heteroatoms. The predicted molar refractivity (Wildman–Crippen MR) is 74.9 cm³/mol. The van der Waals surface area contributed by atoms with Crippen LogP contribution < -0.4 is 4.72 Å². The van der Waals surface area contributed by atoms with Crippen LogP contribution in [0.2, 0.25) is 0 Å². The van der Waals surface area contributed by atoms with E-state index in [9.17, 15) is 13.2 Å². The fourth-order valence-electron chi connectivity index (χ4n) is 1.83. The molecule has 0 aromatic heterocycles. The molecule has 0 aliphatic heterocycles. The highest BCUT2D eigenvalue weighted by Crippen LogP contribution is 2.16. The highest BCUT2D eigenvalue weighted by atomic mass is 32.2. The van der Waals surface area contributed by atoms with E-state index in [2.05, 4.69) is 4.72 Å². The van der Waals surface area contributed by atoms with Crippen molar-refractivity contribution in [1.29, 1.82) is 0 Å². The zero-order valence-corrected chi connectivity index (χ0v) is 12.0. The summed E-state index contributed by atoms with van der Waals surface area (Å²) in [5.41, 5.74) is 0.868. The molecule has 0 radical (unpaired) electrons. The number of carboxylic acids is 1. The lowest BCUT2D eigenvalue weighted by Gasteiger charge is -2.16. The van der Waals surface area contributed by atoms with Gasteiger partial charge in [0.15, 0.2) is 0 Å². The Balaban J connectivity index is 2.72. The number of benzene rings is 1. The number of rotatable bonds is 8. The Kier molecular flexibility index (Phi) is 6.12. The average Bonchev–Trinajstić information content (AvgIpc) is 2.38. The minimum Gasteiger partial charge on any atom is -0.480 e. The summed E-state index contributed by atoms with van der Waals surface area (Å²) in [5, 5.41) is 17.6. The number of carbonyl (C=O) groups is 1. The predicted octanol–water partition coefficient (Wildman–Crippen LogP) is 0.545. The number of aliphatic hydroxyl groups is 1. The van der Waals surface area contributed by atoms with Crippen molar-refractivity contribution in [2.45, 2.75) is 25.3 Å². The highest BCUT2D eigenvalue weighted by molar-refractivity contribution is 7.89. The topological polar surface area (TPSA) is 104 Å². The van der Waals surface area contributed by atoms with Gasteiger partial charge in [-0.05, 0) is 17.9 Å². The van der Waals surface area contributed by atoms with Gasteiger partial charge >= 0.3 is 5.97 Å². The fourth-order valence-corrected chi connectivity index (χ4v) is 3.43. The molecule has 0 saturated heterocycles. The van der Waals surface area contributed by atoms with Gasteiger partial charge in [0.05, 0.1) is 5.75 Å². The second-order valence-electron chi connectivity index (χ2n) is 4.61. The van der Waals surface area contributed by atoms with Gasteiger partial charge in [-0.2, -0.15) is 0 Å². The molecule has 0 aliphatic rings. The molecule has 0 spiro atoms. The quantitative estimate of drug-likeness (QED) is 0.650. The maximum Gasteiger partial charge on any atom is 0.321 e. The number of nitrogens with one attached hydrogen (secondary N) is 1. The Labute approximate surface area is 118 Å². The van der Waals surface area contributed by atoms with Crippen LogP contribution >= 0.6 is 0 Å². The van der Waals surface area contributed by atoms with Gasteiger partial charge in [-0.3, -0.25) is 4.79 Å². The van der Waals surface area contributed by atoms with Crippen LogP contribution in [0, 0.1) is 0 Å². The number of hydrogen-bond donors (Lipinski definition) is 3. The van der Waals surface area contributed by atoms with Crippen molar-refractivity contribution >= 4 is 16.0 Å². The van der Waals surface area contributed by atoms with Crippen molar-refractivity contribution < 1.29 is 23.4 Å². The van der Waals surface area contributed by atoms with E-state index in [4.69, 9.17) is 10.2 Å². The van der Waals surface area contributed by atoms with E-state index < -0.39 is 28.6 Å². The van der Waals surface area contributed by atoms with Crippen LogP contribution in [0.4, 0.5) is 0 Å². The molecule has 0 heterocycles. The molecule has 0 saturated carbocycles. The van der Waals surface area contributed by atoms with Crippen molar-refractivity contribution in [3.63, 3.8) is 0 Å². The van der Waals surface area contributed by atoms with Crippen molar-refractivity contribution in [3.05, 3.63) is 35.9 Å². The lowest BCUT2D eigenvalue weighted by molar-refractivity contribution is -0.139. The molecule has 3 N–H and O–H groups in total. The second kappa shape index (κ2) is 7.37. The lowest BCUT2D eigenvalue weighted by atomic mass is 10.0. The summed E-state index contributed by atoms with van der Waals surface area (Å²) in [6.45, 7) is 1.37. The summed E-state index contributed by atoms with van der Waals surface area (Å²) in [5.74, 6) is -1.75. The van der Waals surface area contributed by atoms with E-state index in [0.29, 0.717) is 0 Å². The van der Waals surface area contributed by atoms with Crippen molar-refractivity contribution in [2.24, 2.45) is 0 Å². The Morgan fingerprint density at radius 3 is 2.40 bits per heavy atom. The molecule has 20 heavy (non-hydrogen) atoms. The third-order valence-electron chi connectivity index (χ3n) is 2.88. The smallest absolute Gasteiger partial charge is 0.321 e. The maximum absolute atomic E-state index is 11.9. The van der Waals surface area contributed by atoms with Crippen LogP contribution in [-0.2, 0) is 14.8 Å². The number of aliphatic carboxylic acids is 1. The molecule has 1 rings (SSSR count). The third kappa shape index (κ3) is 5.28. The van der Waals surface area contributed by atoms with Crippen LogP contribution in [0.3, 0.4) is 0 Å². The van der Waals surface area contributed by atoms with Crippen LogP contribution in [0.15, 0.2) is 30.3 Å². The molecule has 0 bridgehead atoms. The minimum atomic E-state index is -3.74. The van der Waals surface area contributed by atoms with Gasteiger partial charge in [-0.15, -0.1) is 0 Å². The first-order valence-corrected chi connectivity index (χ1v) is 7.89. The van der Waals surface area contributed by atoms with Crippen LogP contribution in [0.5, 0.6) is 0 Å². The normalized spacial score (nSPS) is 14.7. The molecule has 0 aliphatic carbocycles.